The molecule has 3 heteroatoms. The molecule has 128 valence electrons. The molecular weight excluding hydrogens is 402 g/mol. The van der Waals surface area contributed by atoms with Gasteiger partial charge in [-0.2, -0.15) is 46.5 Å². The van der Waals surface area contributed by atoms with Crippen molar-refractivity contribution >= 4 is 0 Å². The molecule has 2 unspecified atom stereocenters. The van der Waals surface area contributed by atoms with Gasteiger partial charge in [-0.3, -0.25) is 0 Å². The van der Waals surface area contributed by atoms with E-state index < -0.39 is 0 Å². The summed E-state index contributed by atoms with van der Waals surface area (Å²) in [7, 11) is 0. The Kier molecular flexibility index (Phi) is 17.6. The van der Waals surface area contributed by atoms with Crippen molar-refractivity contribution in [1.82, 2.24) is 0 Å². The molecule has 0 N–H and O–H groups in total. The first-order valence-electron chi connectivity index (χ1n) is 7.94. The van der Waals surface area contributed by atoms with Crippen LogP contribution in [-0.4, -0.2) is 0 Å². The monoisotopic (exact) mass is 430 g/mol. The first-order valence-corrected chi connectivity index (χ1v) is 7.94. The minimum atomic E-state index is 0. The van der Waals surface area contributed by atoms with Gasteiger partial charge in [0.25, 0.3) is 0 Å². The normalized spacial score (nSPS) is 11.7. The van der Waals surface area contributed by atoms with Crippen LogP contribution in [-0.2, 0) is 26.2 Å². The molecule has 0 saturated heterocycles. The van der Waals surface area contributed by atoms with Gasteiger partial charge in [-0.15, -0.1) is 0 Å². The van der Waals surface area contributed by atoms with Gasteiger partial charge in [0.2, 0.25) is 0 Å². The van der Waals surface area contributed by atoms with Crippen LogP contribution < -0.4 is 24.8 Å². The maximum atomic E-state index is 2.27. The molecule has 0 aliphatic heterocycles. The Bertz CT molecular complexity index is 453. The summed E-state index contributed by atoms with van der Waals surface area (Å²) in [6, 6.07) is 13.4. The first kappa shape index (κ1) is 28.0. The van der Waals surface area contributed by atoms with E-state index in [0.717, 1.165) is 11.8 Å². The van der Waals surface area contributed by atoms with Gasteiger partial charge in [-0.05, 0) is 0 Å². The van der Waals surface area contributed by atoms with Crippen LogP contribution in [0.3, 0.4) is 0 Å². The van der Waals surface area contributed by atoms with Crippen molar-refractivity contribution in [1.29, 1.82) is 0 Å². The molecule has 0 heterocycles. The molecule has 0 bridgehead atoms. The average Bonchev–Trinajstić information content (AvgIpc) is 3.06. The van der Waals surface area contributed by atoms with Crippen LogP contribution in [0, 0.1) is 13.8 Å². The Morgan fingerprint density at radius 2 is 1.09 bits per heavy atom. The minimum Gasteiger partial charge on any atom is -1.00 e. The molecule has 2 atom stereocenters. The van der Waals surface area contributed by atoms with E-state index >= 15 is 0 Å². The fourth-order valence-electron chi connectivity index (χ4n) is 2.26. The van der Waals surface area contributed by atoms with Crippen LogP contribution in [0.5, 0.6) is 0 Å². The van der Waals surface area contributed by atoms with Gasteiger partial charge in [0.1, 0.15) is 0 Å². The van der Waals surface area contributed by atoms with E-state index in [4.69, 9.17) is 0 Å². The molecule has 0 aliphatic rings. The van der Waals surface area contributed by atoms with Crippen LogP contribution in [0.4, 0.5) is 0 Å². The van der Waals surface area contributed by atoms with Crippen molar-refractivity contribution in [3.8, 4) is 0 Å². The molecular formula is C20H30Cl2Zr. The Balaban J connectivity index is -0.000000308. The predicted molar refractivity (Wildman–Crippen MR) is 91.0 cm³/mol. The minimum absolute atomic E-state index is 0. The fraction of sp³-hybridized carbons (Fsp3) is 0.500. The number of halogens is 2. The third-order valence-electron chi connectivity index (χ3n) is 4.23. The van der Waals surface area contributed by atoms with Crippen LogP contribution in [0.15, 0.2) is 36.4 Å². The fourth-order valence-corrected chi connectivity index (χ4v) is 2.26. The Morgan fingerprint density at radius 1 is 0.783 bits per heavy atom. The van der Waals surface area contributed by atoms with E-state index in [9.17, 15) is 0 Å². The van der Waals surface area contributed by atoms with E-state index in [1.54, 1.807) is 0 Å². The van der Waals surface area contributed by atoms with E-state index in [-0.39, 0.29) is 51.0 Å². The second kappa shape index (κ2) is 14.5. The van der Waals surface area contributed by atoms with Gasteiger partial charge in [0.05, 0.1) is 0 Å². The third kappa shape index (κ3) is 9.90. The van der Waals surface area contributed by atoms with Crippen molar-refractivity contribution in [3.63, 3.8) is 0 Å². The van der Waals surface area contributed by atoms with Gasteiger partial charge >= 0.3 is 26.2 Å². The molecule has 0 saturated carbocycles. The molecule has 0 aliphatic carbocycles. The number of rotatable bonds is 4. The summed E-state index contributed by atoms with van der Waals surface area (Å²) in [6.07, 6.45) is 2.48. The first-order chi connectivity index (χ1) is 9.47. The molecule has 2 aromatic carbocycles. The Labute approximate surface area is 175 Å². The summed E-state index contributed by atoms with van der Waals surface area (Å²) in [6.45, 7) is 13.3. The molecule has 0 radical (unpaired) electrons. The van der Waals surface area contributed by atoms with Crippen LogP contribution in [0.1, 0.15) is 74.6 Å². The molecule has 0 nitrogen and oxygen atoms in total. The topological polar surface area (TPSA) is 0 Å². The zero-order valence-corrected chi connectivity index (χ0v) is 19.3. The maximum Gasteiger partial charge on any atom is 4.00 e. The second-order valence-electron chi connectivity index (χ2n) is 6.06. The zero-order chi connectivity index (χ0) is 15.1. The molecule has 0 spiro atoms. The van der Waals surface area contributed by atoms with Crippen molar-refractivity contribution in [2.75, 3.05) is 0 Å². The van der Waals surface area contributed by atoms with Crippen molar-refractivity contribution in [2.45, 2.75) is 66.2 Å². The largest absolute Gasteiger partial charge is 4.00 e. The summed E-state index contributed by atoms with van der Waals surface area (Å²) in [4.78, 5) is 0. The van der Waals surface area contributed by atoms with Crippen LogP contribution in [0.2, 0.25) is 0 Å². The van der Waals surface area contributed by atoms with Crippen LogP contribution >= 0.6 is 0 Å². The molecule has 2 rings (SSSR count). The van der Waals surface area contributed by atoms with Gasteiger partial charge in [0, 0.05) is 0 Å². The van der Waals surface area contributed by atoms with Crippen molar-refractivity contribution in [2.24, 2.45) is 0 Å². The van der Waals surface area contributed by atoms with Crippen molar-refractivity contribution < 1.29 is 51.0 Å². The SMILES string of the molecule is CCC(C)c1cc[c-](C)c1.CCC(C)c1cc[c-](C)c1.[Cl-].[Cl-].[Zr+4]. The molecule has 0 aromatic heterocycles. The zero-order valence-electron chi connectivity index (χ0n) is 15.3. The third-order valence-corrected chi connectivity index (χ3v) is 4.23. The van der Waals surface area contributed by atoms with Crippen LogP contribution in [0.25, 0.3) is 0 Å². The maximum absolute atomic E-state index is 2.27. The Morgan fingerprint density at radius 3 is 1.26 bits per heavy atom. The van der Waals surface area contributed by atoms with Gasteiger partial charge < -0.3 is 24.8 Å². The van der Waals surface area contributed by atoms with E-state index in [1.165, 1.54) is 35.1 Å². The van der Waals surface area contributed by atoms with E-state index in [1.807, 2.05) is 0 Å². The summed E-state index contributed by atoms with van der Waals surface area (Å²) >= 11 is 0. The summed E-state index contributed by atoms with van der Waals surface area (Å²) in [5.41, 5.74) is 5.74. The quantitative estimate of drug-likeness (QED) is 0.616. The second-order valence-corrected chi connectivity index (χ2v) is 6.06. The Hall–Kier alpha value is 0.163. The standard InChI is InChI=1S/2C10H15.2ClH.Zr/c2*1-4-9(3)10-6-5-8(2)7-10;;;/h2*5-7,9H,4H2,1-3H3;2*1H;/q2*-1;;;+4/p-2. The molecule has 0 fully saturated rings. The smallest absolute Gasteiger partial charge is 1.00 e. The summed E-state index contributed by atoms with van der Waals surface area (Å²) in [5.74, 6) is 1.46. The molecule has 2 aromatic rings. The number of hydrogen-bond donors (Lipinski definition) is 0. The van der Waals surface area contributed by atoms with E-state index in [0.29, 0.717) is 0 Å². The van der Waals surface area contributed by atoms with Gasteiger partial charge in [-0.1, -0.05) is 66.2 Å². The average molecular weight is 433 g/mol. The predicted octanol–water partition coefficient (Wildman–Crippen LogP) is 0.460. The number of aryl methyl sites for hydroxylation is 2. The number of hydrogen-bond acceptors (Lipinski definition) is 0. The summed E-state index contributed by atoms with van der Waals surface area (Å²) in [5, 5.41) is 0. The summed E-state index contributed by atoms with van der Waals surface area (Å²) < 4.78 is 0. The van der Waals surface area contributed by atoms with Gasteiger partial charge in [-0.25, -0.2) is 12.1 Å². The van der Waals surface area contributed by atoms with Crippen molar-refractivity contribution in [3.05, 3.63) is 58.7 Å². The molecule has 23 heavy (non-hydrogen) atoms. The molecule has 0 amide bonds. The van der Waals surface area contributed by atoms with Gasteiger partial charge in [0.15, 0.2) is 0 Å². The van der Waals surface area contributed by atoms with E-state index in [2.05, 4.69) is 77.9 Å².